The molecule has 15 heavy (non-hydrogen) atoms. The summed E-state index contributed by atoms with van der Waals surface area (Å²) < 4.78 is 10.7. The van der Waals surface area contributed by atoms with Crippen molar-refractivity contribution in [3.8, 4) is 0 Å². The van der Waals surface area contributed by atoms with Crippen LogP contribution >= 0.6 is 27.5 Å². The molecule has 0 bridgehead atoms. The molecule has 1 aromatic heterocycles. The lowest BCUT2D eigenvalue weighted by Crippen LogP contribution is -2.19. The number of hydrogen-bond acceptors (Lipinski definition) is 4. The Kier molecular flexibility index (Phi) is 4.11. The molecule has 1 unspecified atom stereocenters. The third-order valence-corrected chi connectivity index (χ3v) is 4.14. The minimum absolute atomic E-state index is 0.0906. The SMILES string of the molecule is COC(c1nsc(Br)n1)C1CCCCC1. The molecule has 0 spiro atoms. The Labute approximate surface area is 103 Å². The van der Waals surface area contributed by atoms with Gasteiger partial charge in [0.05, 0.1) is 0 Å². The van der Waals surface area contributed by atoms with Gasteiger partial charge in [0, 0.05) is 7.11 Å². The van der Waals surface area contributed by atoms with Crippen molar-refractivity contribution in [2.45, 2.75) is 38.2 Å². The molecular weight excluding hydrogens is 276 g/mol. The van der Waals surface area contributed by atoms with Gasteiger partial charge in [0.1, 0.15) is 6.10 Å². The summed E-state index contributed by atoms with van der Waals surface area (Å²) in [6.45, 7) is 0. The Hall–Kier alpha value is -0.0000000000000000555. The first-order chi connectivity index (χ1) is 7.31. The maximum atomic E-state index is 5.55. The first-order valence-electron chi connectivity index (χ1n) is 5.33. The highest BCUT2D eigenvalue weighted by Gasteiger charge is 2.27. The average Bonchev–Trinajstić information content (AvgIpc) is 2.68. The third kappa shape index (κ3) is 2.77. The third-order valence-electron chi connectivity index (χ3n) is 3.00. The summed E-state index contributed by atoms with van der Waals surface area (Å²) >= 11 is 4.73. The molecule has 2 rings (SSSR count). The maximum absolute atomic E-state index is 5.55. The standard InChI is InChI=1S/C10H15BrN2OS/c1-14-8(7-5-3-2-4-6-7)9-12-10(11)15-13-9/h7-8H,2-6H2,1H3. The van der Waals surface area contributed by atoms with Crippen LogP contribution in [0.1, 0.15) is 44.0 Å². The van der Waals surface area contributed by atoms with Crippen LogP contribution in [-0.4, -0.2) is 16.5 Å². The Balaban J connectivity index is 2.08. The molecule has 3 nitrogen and oxygen atoms in total. The molecule has 5 heteroatoms. The summed E-state index contributed by atoms with van der Waals surface area (Å²) in [5.41, 5.74) is 0. The second-order valence-corrected chi connectivity index (χ2v) is 5.99. The first-order valence-corrected chi connectivity index (χ1v) is 6.90. The fourth-order valence-electron chi connectivity index (χ4n) is 2.28. The first kappa shape index (κ1) is 11.5. The summed E-state index contributed by atoms with van der Waals surface area (Å²) in [6, 6.07) is 0. The van der Waals surface area contributed by atoms with E-state index in [9.17, 15) is 0 Å². The van der Waals surface area contributed by atoms with E-state index >= 15 is 0 Å². The van der Waals surface area contributed by atoms with Crippen LogP contribution < -0.4 is 0 Å². The number of methoxy groups -OCH3 is 1. The van der Waals surface area contributed by atoms with Crippen LogP contribution in [0.25, 0.3) is 0 Å². The molecule has 0 saturated heterocycles. The van der Waals surface area contributed by atoms with Gasteiger partial charge in [0.2, 0.25) is 0 Å². The predicted molar refractivity (Wildman–Crippen MR) is 63.9 cm³/mol. The number of aromatic nitrogens is 2. The summed E-state index contributed by atoms with van der Waals surface area (Å²) in [6.07, 6.45) is 6.57. The molecular formula is C10H15BrN2OS. The minimum atomic E-state index is 0.0906. The fourth-order valence-corrected chi connectivity index (χ4v) is 3.12. The van der Waals surface area contributed by atoms with Crippen molar-refractivity contribution in [3.63, 3.8) is 0 Å². The van der Waals surface area contributed by atoms with E-state index in [-0.39, 0.29) is 6.10 Å². The topological polar surface area (TPSA) is 35.0 Å². The van der Waals surface area contributed by atoms with Crippen molar-refractivity contribution < 1.29 is 4.74 Å². The molecule has 0 N–H and O–H groups in total. The second kappa shape index (κ2) is 5.37. The zero-order valence-corrected chi connectivity index (χ0v) is 11.2. The summed E-state index contributed by atoms with van der Waals surface area (Å²) in [5, 5.41) is 0. The largest absolute Gasteiger partial charge is 0.373 e. The van der Waals surface area contributed by atoms with Crippen LogP contribution in [0, 0.1) is 5.92 Å². The lowest BCUT2D eigenvalue weighted by molar-refractivity contribution is 0.0297. The average molecular weight is 291 g/mol. The van der Waals surface area contributed by atoms with E-state index in [0.29, 0.717) is 5.92 Å². The molecule has 0 aromatic carbocycles. The highest BCUT2D eigenvalue weighted by atomic mass is 79.9. The summed E-state index contributed by atoms with van der Waals surface area (Å²) in [4.78, 5) is 4.36. The van der Waals surface area contributed by atoms with E-state index in [1.807, 2.05) is 0 Å². The number of rotatable bonds is 3. The number of ether oxygens (including phenoxy) is 1. The highest BCUT2D eigenvalue weighted by molar-refractivity contribution is 9.11. The quantitative estimate of drug-likeness (QED) is 0.854. The van der Waals surface area contributed by atoms with Crippen LogP contribution in [-0.2, 0) is 4.74 Å². The van der Waals surface area contributed by atoms with E-state index in [1.165, 1.54) is 43.6 Å². The predicted octanol–water partition coefficient (Wildman–Crippen LogP) is 3.57. The van der Waals surface area contributed by atoms with Crippen molar-refractivity contribution in [1.82, 2.24) is 9.36 Å². The van der Waals surface area contributed by atoms with Crippen molar-refractivity contribution in [3.05, 3.63) is 9.74 Å². The molecule has 1 saturated carbocycles. The zero-order chi connectivity index (χ0) is 10.7. The van der Waals surface area contributed by atoms with Gasteiger partial charge in [-0.1, -0.05) is 19.3 Å². The fraction of sp³-hybridized carbons (Fsp3) is 0.800. The minimum Gasteiger partial charge on any atom is -0.373 e. The number of halogens is 1. The Morgan fingerprint density at radius 3 is 2.67 bits per heavy atom. The lowest BCUT2D eigenvalue weighted by atomic mass is 9.85. The van der Waals surface area contributed by atoms with Gasteiger partial charge in [0.15, 0.2) is 9.74 Å². The smallest absolute Gasteiger partial charge is 0.179 e. The Bertz CT molecular complexity index is 312. The molecule has 0 aliphatic heterocycles. The van der Waals surface area contributed by atoms with Crippen molar-refractivity contribution in [2.75, 3.05) is 7.11 Å². The highest BCUT2D eigenvalue weighted by Crippen LogP contribution is 2.36. The van der Waals surface area contributed by atoms with Gasteiger partial charge in [-0.3, -0.25) is 0 Å². The summed E-state index contributed by atoms with van der Waals surface area (Å²) in [7, 11) is 1.76. The second-order valence-electron chi connectivity index (χ2n) is 3.96. The molecule has 1 aliphatic carbocycles. The van der Waals surface area contributed by atoms with E-state index in [2.05, 4.69) is 25.3 Å². The number of hydrogen-bond donors (Lipinski definition) is 0. The monoisotopic (exact) mass is 290 g/mol. The van der Waals surface area contributed by atoms with Gasteiger partial charge in [-0.15, -0.1) is 0 Å². The van der Waals surface area contributed by atoms with Gasteiger partial charge in [0.25, 0.3) is 0 Å². The normalized spacial score (nSPS) is 20.4. The molecule has 1 heterocycles. The van der Waals surface area contributed by atoms with Crippen molar-refractivity contribution >= 4 is 27.5 Å². The molecule has 1 aliphatic rings. The van der Waals surface area contributed by atoms with Crippen LogP contribution in [0.5, 0.6) is 0 Å². The van der Waals surface area contributed by atoms with E-state index < -0.39 is 0 Å². The lowest BCUT2D eigenvalue weighted by Gasteiger charge is -2.27. The summed E-state index contributed by atoms with van der Waals surface area (Å²) in [5.74, 6) is 1.45. The zero-order valence-electron chi connectivity index (χ0n) is 8.78. The van der Waals surface area contributed by atoms with E-state index in [1.54, 1.807) is 7.11 Å². The van der Waals surface area contributed by atoms with E-state index in [4.69, 9.17) is 4.74 Å². The number of nitrogens with zero attached hydrogens (tertiary/aromatic N) is 2. The Morgan fingerprint density at radius 1 is 1.40 bits per heavy atom. The van der Waals surface area contributed by atoms with E-state index in [0.717, 1.165) is 9.74 Å². The van der Waals surface area contributed by atoms with Crippen LogP contribution in [0.2, 0.25) is 0 Å². The molecule has 0 amide bonds. The Morgan fingerprint density at radius 2 is 2.13 bits per heavy atom. The van der Waals surface area contributed by atoms with Gasteiger partial charge >= 0.3 is 0 Å². The van der Waals surface area contributed by atoms with Crippen LogP contribution in [0.4, 0.5) is 0 Å². The maximum Gasteiger partial charge on any atom is 0.179 e. The van der Waals surface area contributed by atoms with Gasteiger partial charge in [-0.2, -0.15) is 4.37 Å². The van der Waals surface area contributed by atoms with Gasteiger partial charge < -0.3 is 4.74 Å². The molecule has 84 valence electrons. The van der Waals surface area contributed by atoms with Gasteiger partial charge in [-0.05, 0) is 46.2 Å². The van der Waals surface area contributed by atoms with Crippen LogP contribution in [0.15, 0.2) is 3.92 Å². The van der Waals surface area contributed by atoms with Gasteiger partial charge in [-0.25, -0.2) is 4.98 Å². The van der Waals surface area contributed by atoms with Crippen molar-refractivity contribution in [1.29, 1.82) is 0 Å². The molecule has 1 fully saturated rings. The molecule has 0 radical (unpaired) electrons. The van der Waals surface area contributed by atoms with Crippen molar-refractivity contribution in [2.24, 2.45) is 5.92 Å². The van der Waals surface area contributed by atoms with Crippen LogP contribution in [0.3, 0.4) is 0 Å². The molecule has 1 atom stereocenters. The molecule has 1 aromatic rings.